The number of aldehydes is 1. The number of carbonyl (C=O) groups excluding carboxylic acids is 1. The molecule has 0 unspecified atom stereocenters. The van der Waals surface area contributed by atoms with Crippen molar-refractivity contribution in [1.29, 1.82) is 0 Å². The van der Waals surface area contributed by atoms with Crippen molar-refractivity contribution in [3.63, 3.8) is 0 Å². The minimum atomic E-state index is 0.712. The van der Waals surface area contributed by atoms with E-state index < -0.39 is 0 Å². The summed E-state index contributed by atoms with van der Waals surface area (Å²) in [5, 5.41) is 0. The molecule has 0 heterocycles. The number of allylic oxidation sites excluding steroid dienone is 4. The van der Waals surface area contributed by atoms with Crippen LogP contribution < -0.4 is 0 Å². The number of carbonyl (C=O) groups is 1. The molecule has 0 aliphatic carbocycles. The number of unbranched alkanes of at least 4 members (excludes halogenated alkanes) is 3. The van der Waals surface area contributed by atoms with E-state index in [1.165, 1.54) is 0 Å². The van der Waals surface area contributed by atoms with Gasteiger partial charge in [-0.05, 0) is 32.1 Å². The molecule has 0 amide bonds. The van der Waals surface area contributed by atoms with Crippen molar-refractivity contribution in [3.05, 3.63) is 24.3 Å². The lowest BCUT2D eigenvalue weighted by Gasteiger charge is -1.90. The molecule has 74 valence electrons. The first kappa shape index (κ1) is 12.2. The third kappa shape index (κ3) is 11.1. The topological polar surface area (TPSA) is 17.1 Å². The predicted octanol–water partition coefficient (Wildman–Crippen LogP) is 3.66. The summed E-state index contributed by atoms with van der Waals surface area (Å²) in [5.41, 5.74) is 0. The molecule has 0 saturated carbocycles. The van der Waals surface area contributed by atoms with E-state index in [1.807, 2.05) is 0 Å². The van der Waals surface area contributed by atoms with Crippen molar-refractivity contribution in [1.82, 2.24) is 0 Å². The van der Waals surface area contributed by atoms with Crippen molar-refractivity contribution in [2.24, 2.45) is 0 Å². The van der Waals surface area contributed by atoms with Gasteiger partial charge in [-0.25, -0.2) is 0 Å². The van der Waals surface area contributed by atoms with Crippen LogP contribution in [0.15, 0.2) is 24.3 Å². The zero-order valence-electron chi connectivity index (χ0n) is 8.54. The second-order valence-corrected chi connectivity index (χ2v) is 3.04. The van der Waals surface area contributed by atoms with Crippen molar-refractivity contribution >= 4 is 6.29 Å². The highest BCUT2D eigenvalue weighted by Gasteiger charge is 1.83. The molecular weight excluding hydrogens is 160 g/mol. The smallest absolute Gasteiger partial charge is 0.119 e. The van der Waals surface area contributed by atoms with E-state index in [1.54, 1.807) is 0 Å². The largest absolute Gasteiger partial charge is 0.303 e. The van der Waals surface area contributed by atoms with Gasteiger partial charge in [0.25, 0.3) is 0 Å². The number of hydrogen-bond acceptors (Lipinski definition) is 1. The van der Waals surface area contributed by atoms with E-state index in [9.17, 15) is 4.79 Å². The highest BCUT2D eigenvalue weighted by molar-refractivity contribution is 5.48. The van der Waals surface area contributed by atoms with Crippen LogP contribution in [0.3, 0.4) is 0 Å². The summed E-state index contributed by atoms with van der Waals surface area (Å²) in [7, 11) is 0. The summed E-state index contributed by atoms with van der Waals surface area (Å²) in [6.07, 6.45) is 15.9. The molecule has 0 N–H and O–H groups in total. The van der Waals surface area contributed by atoms with Gasteiger partial charge in [-0.1, -0.05) is 31.2 Å². The maximum absolute atomic E-state index is 9.98. The van der Waals surface area contributed by atoms with Crippen LogP contribution in [0.1, 0.15) is 45.4 Å². The molecule has 0 aromatic rings. The molecule has 0 radical (unpaired) electrons. The average molecular weight is 180 g/mol. The molecular formula is C12H20O. The zero-order chi connectivity index (χ0) is 9.78. The molecule has 0 aliphatic heterocycles. The van der Waals surface area contributed by atoms with Crippen LogP contribution in [0.2, 0.25) is 0 Å². The minimum Gasteiger partial charge on any atom is -0.303 e. The Kier molecular flexibility index (Phi) is 10.4. The summed E-state index contributed by atoms with van der Waals surface area (Å²) in [6, 6.07) is 0. The second-order valence-electron chi connectivity index (χ2n) is 3.04. The van der Waals surface area contributed by atoms with Crippen LogP contribution in [-0.2, 0) is 4.79 Å². The predicted molar refractivity (Wildman–Crippen MR) is 57.7 cm³/mol. The fraction of sp³-hybridized carbons (Fsp3) is 0.583. The summed E-state index contributed by atoms with van der Waals surface area (Å²) >= 11 is 0. The molecule has 1 heteroatoms. The van der Waals surface area contributed by atoms with E-state index in [-0.39, 0.29) is 0 Å². The lowest BCUT2D eigenvalue weighted by Crippen LogP contribution is -1.75. The molecule has 0 bridgehead atoms. The fourth-order valence-corrected chi connectivity index (χ4v) is 1.05. The Morgan fingerprint density at radius 1 is 0.923 bits per heavy atom. The summed E-state index contributed by atoms with van der Waals surface area (Å²) < 4.78 is 0. The van der Waals surface area contributed by atoms with Gasteiger partial charge in [-0.3, -0.25) is 0 Å². The second kappa shape index (κ2) is 11.2. The van der Waals surface area contributed by atoms with Gasteiger partial charge in [0.2, 0.25) is 0 Å². The fourth-order valence-electron chi connectivity index (χ4n) is 1.05. The first-order valence-corrected chi connectivity index (χ1v) is 5.15. The van der Waals surface area contributed by atoms with E-state index in [0.717, 1.165) is 38.4 Å². The lowest BCUT2D eigenvalue weighted by atomic mass is 10.2. The van der Waals surface area contributed by atoms with Crippen LogP contribution in [0.5, 0.6) is 0 Å². The van der Waals surface area contributed by atoms with Crippen LogP contribution in [0.25, 0.3) is 0 Å². The van der Waals surface area contributed by atoms with E-state index in [0.29, 0.717) is 6.42 Å². The van der Waals surface area contributed by atoms with E-state index >= 15 is 0 Å². The molecule has 0 rings (SSSR count). The van der Waals surface area contributed by atoms with E-state index in [4.69, 9.17) is 0 Å². The monoisotopic (exact) mass is 180 g/mol. The minimum absolute atomic E-state index is 0.712. The Bertz CT molecular complexity index is 157. The van der Waals surface area contributed by atoms with Crippen LogP contribution in [0.4, 0.5) is 0 Å². The van der Waals surface area contributed by atoms with Crippen LogP contribution in [-0.4, -0.2) is 6.29 Å². The van der Waals surface area contributed by atoms with Gasteiger partial charge in [-0.2, -0.15) is 0 Å². The molecule has 0 spiro atoms. The number of hydrogen-bond donors (Lipinski definition) is 0. The van der Waals surface area contributed by atoms with Gasteiger partial charge >= 0.3 is 0 Å². The highest BCUT2D eigenvalue weighted by atomic mass is 16.1. The standard InChI is InChI=1S/C12H20O/c1-2-3-4-5-6-7-8-9-10-11-12-13/h3-4,6-7,12H,2,5,8-11H2,1H3/b4-3?,7-6-. The molecule has 0 aromatic carbocycles. The summed E-state index contributed by atoms with van der Waals surface area (Å²) in [4.78, 5) is 9.98. The van der Waals surface area contributed by atoms with Crippen molar-refractivity contribution < 1.29 is 4.79 Å². The van der Waals surface area contributed by atoms with Gasteiger partial charge in [-0.15, -0.1) is 0 Å². The Labute approximate surface area is 81.5 Å². The van der Waals surface area contributed by atoms with Gasteiger partial charge in [0.05, 0.1) is 0 Å². The summed E-state index contributed by atoms with van der Waals surface area (Å²) in [5.74, 6) is 0. The molecule has 0 aliphatic rings. The third-order valence-corrected chi connectivity index (χ3v) is 1.78. The van der Waals surface area contributed by atoms with Crippen LogP contribution >= 0.6 is 0 Å². The van der Waals surface area contributed by atoms with Crippen molar-refractivity contribution in [2.75, 3.05) is 0 Å². The van der Waals surface area contributed by atoms with Gasteiger partial charge in [0.15, 0.2) is 0 Å². The molecule has 1 nitrogen and oxygen atoms in total. The molecule has 0 fully saturated rings. The highest BCUT2D eigenvalue weighted by Crippen LogP contribution is 1.99. The maximum Gasteiger partial charge on any atom is 0.119 e. The quantitative estimate of drug-likeness (QED) is 0.316. The first-order valence-electron chi connectivity index (χ1n) is 5.15. The van der Waals surface area contributed by atoms with E-state index in [2.05, 4.69) is 31.2 Å². The SMILES string of the molecule is CCC=CC/C=C\CCCCC=O. The number of rotatable bonds is 8. The van der Waals surface area contributed by atoms with Gasteiger partial charge < -0.3 is 4.79 Å². The zero-order valence-corrected chi connectivity index (χ0v) is 8.54. The first-order chi connectivity index (χ1) is 6.41. The maximum atomic E-state index is 9.98. The average Bonchev–Trinajstić information content (AvgIpc) is 2.16. The Morgan fingerprint density at radius 2 is 1.62 bits per heavy atom. The Morgan fingerprint density at radius 3 is 2.31 bits per heavy atom. The third-order valence-electron chi connectivity index (χ3n) is 1.78. The molecule has 0 aromatic heterocycles. The lowest BCUT2D eigenvalue weighted by molar-refractivity contribution is -0.107. The Hall–Kier alpha value is -0.850. The molecule has 0 saturated heterocycles. The molecule has 13 heavy (non-hydrogen) atoms. The van der Waals surface area contributed by atoms with Crippen LogP contribution in [0, 0.1) is 0 Å². The normalized spacial score (nSPS) is 11.5. The molecule has 0 atom stereocenters. The van der Waals surface area contributed by atoms with Crippen molar-refractivity contribution in [3.8, 4) is 0 Å². The van der Waals surface area contributed by atoms with Gasteiger partial charge in [0.1, 0.15) is 6.29 Å². The van der Waals surface area contributed by atoms with Gasteiger partial charge in [0, 0.05) is 6.42 Å². The Balaban J connectivity index is 3.12. The van der Waals surface area contributed by atoms with Crippen molar-refractivity contribution in [2.45, 2.75) is 45.4 Å². The summed E-state index contributed by atoms with van der Waals surface area (Å²) in [6.45, 7) is 2.14.